The normalized spacial score (nSPS) is 10.6. The van der Waals surface area contributed by atoms with Gasteiger partial charge in [-0.3, -0.25) is 24.2 Å². The molecule has 6 nitrogen and oxygen atoms in total. The van der Waals surface area contributed by atoms with E-state index in [1.807, 2.05) is 0 Å². The Balaban J connectivity index is 2.50. The van der Waals surface area contributed by atoms with Crippen molar-refractivity contribution >= 4 is 17.5 Å². The third-order valence-corrected chi connectivity index (χ3v) is 3.59. The zero-order chi connectivity index (χ0) is 14.9. The summed E-state index contributed by atoms with van der Waals surface area (Å²) in [6, 6.07) is 3.75. The first-order valence-corrected chi connectivity index (χ1v) is 6.36. The van der Waals surface area contributed by atoms with E-state index in [-0.39, 0.29) is 16.5 Å². The fraction of sp³-hybridized carbons (Fsp3) is 0.167. The largest absolute Gasteiger partial charge is 0.339 e. The van der Waals surface area contributed by atoms with Crippen LogP contribution < -0.4 is 11.1 Å². The Kier molecular flexibility index (Phi) is 3.84. The van der Waals surface area contributed by atoms with Gasteiger partial charge in [0.2, 0.25) is 0 Å². The van der Waals surface area contributed by atoms with Gasteiger partial charge in [0.25, 0.3) is 0 Å². The van der Waals surface area contributed by atoms with Gasteiger partial charge < -0.3 is 0 Å². The van der Waals surface area contributed by atoms with Crippen LogP contribution in [0.15, 0.2) is 37.8 Å². The fourth-order valence-corrected chi connectivity index (χ4v) is 2.47. The number of nitrogens with zero attached hydrogens (tertiary/aromatic N) is 2. The summed E-state index contributed by atoms with van der Waals surface area (Å²) in [5.41, 5.74) is -1.56. The topological polar surface area (TPSA) is 84.8 Å². The molecule has 0 aliphatic rings. The van der Waals surface area contributed by atoms with Crippen LogP contribution in [-0.2, 0) is 7.05 Å². The molecule has 0 unspecified atom stereocenters. The van der Waals surface area contributed by atoms with Crippen molar-refractivity contribution in [3.63, 3.8) is 0 Å². The molecule has 1 N–H and O–H groups in total. The molecule has 0 aliphatic heterocycles. The lowest BCUT2D eigenvalue weighted by Gasteiger charge is -2.08. The highest BCUT2D eigenvalue weighted by Crippen LogP contribution is 2.28. The number of rotatable bonds is 3. The van der Waals surface area contributed by atoms with Crippen LogP contribution >= 0.6 is 11.8 Å². The van der Waals surface area contributed by atoms with Crippen LogP contribution in [0.1, 0.15) is 17.3 Å². The number of aromatic amines is 1. The first kappa shape index (κ1) is 14.2. The first-order valence-electron chi connectivity index (χ1n) is 5.54. The van der Waals surface area contributed by atoms with E-state index in [4.69, 9.17) is 0 Å². The number of nitrogens with one attached hydrogen (secondary N) is 1. The molecule has 2 rings (SSSR count). The maximum Gasteiger partial charge on any atom is 0.339 e. The molecule has 104 valence electrons. The summed E-state index contributed by atoms with van der Waals surface area (Å²) >= 11 is 0.995. The summed E-state index contributed by atoms with van der Waals surface area (Å²) in [7, 11) is 1.51. The van der Waals surface area contributed by atoms with Crippen molar-refractivity contribution in [2.24, 2.45) is 7.05 Å². The number of hydrogen-bond acceptors (Lipinski definition) is 5. The first-order chi connectivity index (χ1) is 9.38. The second-order valence-electron chi connectivity index (χ2n) is 4.00. The van der Waals surface area contributed by atoms with Crippen molar-refractivity contribution in [1.82, 2.24) is 14.8 Å². The molecule has 2 aromatic rings. The van der Waals surface area contributed by atoms with E-state index in [1.165, 1.54) is 30.8 Å². The highest BCUT2D eigenvalue weighted by Gasteiger charge is 2.13. The Bertz CT molecular complexity index is 797. The minimum Gasteiger partial charge on any atom is -0.294 e. The molecule has 0 spiro atoms. The van der Waals surface area contributed by atoms with Crippen molar-refractivity contribution < 1.29 is 9.18 Å². The molecule has 0 saturated heterocycles. The van der Waals surface area contributed by atoms with Gasteiger partial charge in [-0.25, -0.2) is 4.39 Å². The molecule has 1 aromatic carbocycles. The van der Waals surface area contributed by atoms with Gasteiger partial charge in [0, 0.05) is 17.5 Å². The number of aromatic nitrogens is 3. The summed E-state index contributed by atoms with van der Waals surface area (Å²) in [5, 5.41) is 2.49. The molecule has 1 aromatic heterocycles. The smallest absolute Gasteiger partial charge is 0.294 e. The van der Waals surface area contributed by atoms with E-state index >= 15 is 0 Å². The second kappa shape index (κ2) is 5.41. The maximum atomic E-state index is 13.2. The summed E-state index contributed by atoms with van der Waals surface area (Å²) in [6.45, 7) is 1.32. The zero-order valence-corrected chi connectivity index (χ0v) is 11.5. The zero-order valence-electron chi connectivity index (χ0n) is 10.6. The lowest BCUT2D eigenvalue weighted by Crippen LogP contribution is -2.33. The second-order valence-corrected chi connectivity index (χ2v) is 5.01. The van der Waals surface area contributed by atoms with E-state index in [0.717, 1.165) is 17.8 Å². The highest BCUT2D eigenvalue weighted by atomic mass is 32.2. The summed E-state index contributed by atoms with van der Waals surface area (Å²) in [5.74, 6) is -0.829. The van der Waals surface area contributed by atoms with Crippen molar-refractivity contribution in [2.75, 3.05) is 0 Å². The van der Waals surface area contributed by atoms with Gasteiger partial charge in [-0.15, -0.1) is 0 Å². The van der Waals surface area contributed by atoms with Crippen LogP contribution in [-0.4, -0.2) is 20.5 Å². The Morgan fingerprint density at radius 1 is 1.40 bits per heavy atom. The molecule has 1 heterocycles. The van der Waals surface area contributed by atoms with E-state index in [0.29, 0.717) is 4.90 Å². The average molecular weight is 295 g/mol. The minimum absolute atomic E-state index is 0.190. The molecule has 0 amide bonds. The van der Waals surface area contributed by atoms with Crippen molar-refractivity contribution in [1.29, 1.82) is 0 Å². The number of carbonyl (C=O) groups excluding carboxylic acids is 1. The van der Waals surface area contributed by atoms with Crippen LogP contribution in [0.2, 0.25) is 0 Å². The highest BCUT2D eigenvalue weighted by molar-refractivity contribution is 7.99. The molecule has 0 fully saturated rings. The standard InChI is InChI=1S/C12H10FN3O3S/c1-6(17)8-5-7(13)3-4-9(8)20-12-14-10(18)11(19)15-16(12)2/h3-5H,1-2H3,(H,15,19). The number of H-pyrrole nitrogens is 1. The Morgan fingerprint density at radius 2 is 2.10 bits per heavy atom. The Hall–Kier alpha value is -2.22. The van der Waals surface area contributed by atoms with Crippen LogP contribution in [0.4, 0.5) is 4.39 Å². The lowest BCUT2D eigenvalue weighted by molar-refractivity contribution is 0.101. The van der Waals surface area contributed by atoms with E-state index in [9.17, 15) is 18.8 Å². The van der Waals surface area contributed by atoms with Gasteiger partial charge >= 0.3 is 11.1 Å². The van der Waals surface area contributed by atoms with Crippen LogP contribution in [0.25, 0.3) is 0 Å². The minimum atomic E-state index is -0.919. The van der Waals surface area contributed by atoms with E-state index < -0.39 is 16.9 Å². The van der Waals surface area contributed by atoms with Crippen molar-refractivity contribution in [2.45, 2.75) is 17.0 Å². The summed E-state index contributed by atoms with van der Waals surface area (Å²) < 4.78 is 14.4. The summed E-state index contributed by atoms with van der Waals surface area (Å²) in [4.78, 5) is 37.9. The fourth-order valence-electron chi connectivity index (χ4n) is 1.52. The molecular formula is C12H10FN3O3S. The molecule has 0 radical (unpaired) electrons. The molecule has 8 heteroatoms. The number of Topliss-reactive ketones (excluding diaryl/α,β-unsaturated/α-hetero) is 1. The number of ketones is 1. The van der Waals surface area contributed by atoms with Gasteiger partial charge in [-0.05, 0) is 36.9 Å². The SMILES string of the molecule is CC(=O)c1cc(F)ccc1Sc1nc(=O)c(=O)[nH]n1C. The van der Waals surface area contributed by atoms with Gasteiger partial charge in [-0.1, -0.05) is 0 Å². The molecule has 0 atom stereocenters. The van der Waals surface area contributed by atoms with Crippen LogP contribution in [0.3, 0.4) is 0 Å². The lowest BCUT2D eigenvalue weighted by atomic mass is 10.1. The van der Waals surface area contributed by atoms with E-state index in [1.54, 1.807) is 0 Å². The quantitative estimate of drug-likeness (QED) is 0.673. The summed E-state index contributed by atoms with van der Waals surface area (Å²) in [6.07, 6.45) is 0. The number of aryl methyl sites for hydroxylation is 1. The Labute approximate surface area is 116 Å². The molecule has 0 saturated carbocycles. The number of carbonyl (C=O) groups is 1. The Morgan fingerprint density at radius 3 is 2.75 bits per heavy atom. The molecule has 20 heavy (non-hydrogen) atoms. The third-order valence-electron chi connectivity index (χ3n) is 2.47. The van der Waals surface area contributed by atoms with Gasteiger partial charge in [0.05, 0.1) is 0 Å². The van der Waals surface area contributed by atoms with Crippen LogP contribution in [0.5, 0.6) is 0 Å². The third kappa shape index (κ3) is 2.85. The molecular weight excluding hydrogens is 285 g/mol. The molecule has 0 aliphatic carbocycles. The number of hydrogen-bond donors (Lipinski definition) is 1. The predicted molar refractivity (Wildman–Crippen MR) is 70.6 cm³/mol. The van der Waals surface area contributed by atoms with Gasteiger partial charge in [0.1, 0.15) is 5.82 Å². The predicted octanol–water partition coefficient (Wildman–Crippen LogP) is 0.962. The van der Waals surface area contributed by atoms with Gasteiger partial charge in [-0.2, -0.15) is 4.98 Å². The number of halogens is 1. The maximum absolute atomic E-state index is 13.2. The van der Waals surface area contributed by atoms with E-state index in [2.05, 4.69) is 10.1 Å². The monoisotopic (exact) mass is 295 g/mol. The van der Waals surface area contributed by atoms with Crippen molar-refractivity contribution in [3.05, 3.63) is 50.3 Å². The van der Waals surface area contributed by atoms with Gasteiger partial charge in [0.15, 0.2) is 10.9 Å². The van der Waals surface area contributed by atoms with Crippen LogP contribution in [0, 0.1) is 5.82 Å². The number of benzene rings is 1. The molecule has 0 bridgehead atoms. The average Bonchev–Trinajstić information content (AvgIpc) is 2.37. The van der Waals surface area contributed by atoms with Crippen molar-refractivity contribution in [3.8, 4) is 0 Å².